The number of amides is 2. The van der Waals surface area contributed by atoms with Gasteiger partial charge in [-0.15, -0.1) is 0 Å². The zero-order valence-electron chi connectivity index (χ0n) is 13.1. The smallest absolute Gasteiger partial charge is 0.254 e. The van der Waals surface area contributed by atoms with Crippen LogP contribution in [0.3, 0.4) is 0 Å². The minimum Gasteiger partial charge on any atom is -0.336 e. The van der Waals surface area contributed by atoms with Crippen molar-refractivity contribution in [3.63, 3.8) is 0 Å². The summed E-state index contributed by atoms with van der Waals surface area (Å²) in [7, 11) is 2.04. The van der Waals surface area contributed by atoms with E-state index in [1.54, 1.807) is 18.2 Å². The molecular weight excluding hydrogens is 336 g/mol. The highest BCUT2D eigenvalue weighted by Gasteiger charge is 2.21. The Labute approximate surface area is 145 Å². The molecular formula is C15H19ClN4O2S. The van der Waals surface area contributed by atoms with Crippen molar-refractivity contribution in [2.24, 2.45) is 0 Å². The summed E-state index contributed by atoms with van der Waals surface area (Å²) < 4.78 is 0. The van der Waals surface area contributed by atoms with Crippen molar-refractivity contribution in [1.82, 2.24) is 15.1 Å². The van der Waals surface area contributed by atoms with E-state index in [2.05, 4.69) is 15.5 Å². The molecule has 1 aromatic carbocycles. The fourth-order valence-corrected chi connectivity index (χ4v) is 2.68. The van der Waals surface area contributed by atoms with Crippen molar-refractivity contribution in [1.29, 1.82) is 0 Å². The van der Waals surface area contributed by atoms with E-state index in [1.807, 2.05) is 11.9 Å². The van der Waals surface area contributed by atoms with Crippen LogP contribution in [0, 0.1) is 0 Å². The predicted molar refractivity (Wildman–Crippen MR) is 94.9 cm³/mol. The normalized spacial score (nSPS) is 15.2. The van der Waals surface area contributed by atoms with E-state index in [-0.39, 0.29) is 16.9 Å². The molecule has 0 saturated carbocycles. The molecule has 1 fully saturated rings. The lowest BCUT2D eigenvalue weighted by Gasteiger charge is -2.32. The number of rotatable bonds is 2. The molecule has 2 rings (SSSR count). The van der Waals surface area contributed by atoms with Gasteiger partial charge in [0.05, 0.1) is 10.7 Å². The lowest BCUT2D eigenvalue weighted by atomic mass is 10.1. The van der Waals surface area contributed by atoms with Gasteiger partial charge in [-0.25, -0.2) is 0 Å². The first-order valence-corrected chi connectivity index (χ1v) is 8.01. The minimum atomic E-state index is -0.275. The van der Waals surface area contributed by atoms with Crippen LogP contribution < -0.4 is 10.6 Å². The van der Waals surface area contributed by atoms with Crippen molar-refractivity contribution >= 4 is 46.4 Å². The van der Waals surface area contributed by atoms with Gasteiger partial charge in [0.1, 0.15) is 0 Å². The van der Waals surface area contributed by atoms with Crippen LogP contribution in [-0.4, -0.2) is 60.0 Å². The van der Waals surface area contributed by atoms with Crippen LogP contribution >= 0.6 is 23.8 Å². The number of likely N-dealkylation sites (N-methyl/N-ethyl adjacent to an activating group) is 1. The predicted octanol–water partition coefficient (Wildman–Crippen LogP) is 1.56. The van der Waals surface area contributed by atoms with Crippen LogP contribution in [0.15, 0.2) is 18.2 Å². The SMILES string of the molecule is CC(=O)NC(=S)Nc1cc(C(=O)N2CCN(C)CC2)ccc1Cl. The van der Waals surface area contributed by atoms with Crippen molar-refractivity contribution in [2.75, 3.05) is 38.5 Å². The highest BCUT2D eigenvalue weighted by Crippen LogP contribution is 2.24. The third-order valence-electron chi connectivity index (χ3n) is 3.54. The van der Waals surface area contributed by atoms with Gasteiger partial charge in [0.2, 0.25) is 5.91 Å². The van der Waals surface area contributed by atoms with Crippen molar-refractivity contribution in [3.05, 3.63) is 28.8 Å². The molecule has 0 atom stereocenters. The van der Waals surface area contributed by atoms with Crippen LogP contribution in [0.25, 0.3) is 0 Å². The third kappa shape index (κ3) is 4.89. The van der Waals surface area contributed by atoms with Crippen LogP contribution in [0.1, 0.15) is 17.3 Å². The number of anilines is 1. The molecule has 0 bridgehead atoms. The van der Waals surface area contributed by atoms with E-state index < -0.39 is 0 Å². The van der Waals surface area contributed by atoms with Crippen LogP contribution in [0.2, 0.25) is 5.02 Å². The lowest BCUT2D eigenvalue weighted by molar-refractivity contribution is -0.117. The fraction of sp³-hybridized carbons (Fsp3) is 0.400. The molecule has 2 amide bonds. The Hall–Kier alpha value is -1.70. The van der Waals surface area contributed by atoms with Gasteiger partial charge in [0, 0.05) is 38.7 Å². The number of nitrogens with one attached hydrogen (secondary N) is 2. The molecule has 8 heteroatoms. The monoisotopic (exact) mass is 354 g/mol. The zero-order chi connectivity index (χ0) is 17.0. The number of benzene rings is 1. The zero-order valence-corrected chi connectivity index (χ0v) is 14.6. The van der Waals surface area contributed by atoms with Gasteiger partial charge in [-0.3, -0.25) is 9.59 Å². The average Bonchev–Trinajstić information content (AvgIpc) is 2.49. The summed E-state index contributed by atoms with van der Waals surface area (Å²) in [6.07, 6.45) is 0. The van der Waals surface area contributed by atoms with Crippen LogP contribution in [0.5, 0.6) is 0 Å². The molecule has 2 N–H and O–H groups in total. The van der Waals surface area contributed by atoms with Crippen molar-refractivity contribution < 1.29 is 9.59 Å². The second kappa shape index (κ2) is 7.72. The molecule has 23 heavy (non-hydrogen) atoms. The van der Waals surface area contributed by atoms with E-state index in [0.29, 0.717) is 29.4 Å². The van der Waals surface area contributed by atoms with Gasteiger partial charge in [0.15, 0.2) is 5.11 Å². The first kappa shape index (κ1) is 17.7. The molecule has 1 aromatic rings. The first-order valence-electron chi connectivity index (χ1n) is 7.23. The Bertz CT molecular complexity index is 630. The summed E-state index contributed by atoms with van der Waals surface area (Å²) in [5.74, 6) is -0.313. The molecule has 1 aliphatic heterocycles. The number of thiocarbonyl (C=S) groups is 1. The van der Waals surface area contributed by atoms with Gasteiger partial charge in [-0.1, -0.05) is 11.6 Å². The molecule has 0 aromatic heterocycles. The number of carbonyl (C=O) groups excluding carboxylic acids is 2. The summed E-state index contributed by atoms with van der Waals surface area (Å²) >= 11 is 11.1. The highest BCUT2D eigenvalue weighted by molar-refractivity contribution is 7.80. The quantitative estimate of drug-likeness (QED) is 0.789. The molecule has 0 radical (unpaired) electrons. The number of hydrogen-bond donors (Lipinski definition) is 2. The van der Waals surface area contributed by atoms with E-state index in [1.165, 1.54) is 6.92 Å². The Balaban J connectivity index is 2.11. The molecule has 1 aliphatic rings. The number of hydrogen-bond acceptors (Lipinski definition) is 4. The maximum Gasteiger partial charge on any atom is 0.254 e. The fourth-order valence-electron chi connectivity index (χ4n) is 2.26. The minimum absolute atomic E-state index is 0.0386. The maximum atomic E-state index is 12.6. The topological polar surface area (TPSA) is 64.7 Å². The second-order valence-electron chi connectivity index (χ2n) is 5.43. The van der Waals surface area contributed by atoms with Gasteiger partial charge in [0.25, 0.3) is 5.91 Å². The molecule has 0 unspecified atom stereocenters. The Morgan fingerprint density at radius 3 is 2.48 bits per heavy atom. The summed E-state index contributed by atoms with van der Waals surface area (Å²) in [5.41, 5.74) is 1.03. The highest BCUT2D eigenvalue weighted by atomic mass is 35.5. The molecule has 1 heterocycles. The van der Waals surface area contributed by atoms with E-state index in [9.17, 15) is 9.59 Å². The largest absolute Gasteiger partial charge is 0.336 e. The molecule has 0 aliphatic carbocycles. The maximum absolute atomic E-state index is 12.6. The lowest BCUT2D eigenvalue weighted by Crippen LogP contribution is -2.47. The third-order valence-corrected chi connectivity index (χ3v) is 4.08. The number of piperazine rings is 1. The second-order valence-corrected chi connectivity index (χ2v) is 6.24. The van der Waals surface area contributed by atoms with Gasteiger partial charge in [-0.2, -0.15) is 0 Å². The van der Waals surface area contributed by atoms with Crippen molar-refractivity contribution in [3.8, 4) is 0 Å². The number of halogens is 1. The first-order chi connectivity index (χ1) is 10.9. The molecule has 6 nitrogen and oxygen atoms in total. The molecule has 0 spiro atoms. The number of carbonyl (C=O) groups is 2. The molecule has 1 saturated heterocycles. The van der Waals surface area contributed by atoms with Crippen LogP contribution in [0.4, 0.5) is 5.69 Å². The van der Waals surface area contributed by atoms with Crippen LogP contribution in [-0.2, 0) is 4.79 Å². The van der Waals surface area contributed by atoms with E-state index >= 15 is 0 Å². The number of nitrogens with zero attached hydrogens (tertiary/aromatic N) is 2. The van der Waals surface area contributed by atoms with Gasteiger partial charge >= 0.3 is 0 Å². The Morgan fingerprint density at radius 1 is 1.22 bits per heavy atom. The summed E-state index contributed by atoms with van der Waals surface area (Å²) in [5, 5.41) is 5.86. The standard InChI is InChI=1S/C15H19ClN4O2S/c1-10(21)17-15(23)18-13-9-11(3-4-12(13)16)14(22)20-7-5-19(2)6-8-20/h3-4,9H,5-8H2,1-2H3,(H2,17,18,21,23). The van der Waals surface area contributed by atoms with Crippen molar-refractivity contribution in [2.45, 2.75) is 6.92 Å². The summed E-state index contributed by atoms with van der Waals surface area (Å²) in [6.45, 7) is 4.48. The Kier molecular flexibility index (Phi) is 5.92. The summed E-state index contributed by atoms with van der Waals surface area (Å²) in [4.78, 5) is 27.6. The molecule has 124 valence electrons. The van der Waals surface area contributed by atoms with Gasteiger partial charge < -0.3 is 20.4 Å². The average molecular weight is 355 g/mol. The van der Waals surface area contributed by atoms with E-state index in [0.717, 1.165) is 13.1 Å². The van der Waals surface area contributed by atoms with E-state index in [4.69, 9.17) is 23.8 Å². The Morgan fingerprint density at radius 2 is 1.87 bits per heavy atom. The van der Waals surface area contributed by atoms with Gasteiger partial charge in [-0.05, 0) is 37.5 Å². The summed E-state index contributed by atoms with van der Waals surface area (Å²) in [6, 6.07) is 4.98.